The molecule has 28 heavy (non-hydrogen) atoms. The van der Waals surface area contributed by atoms with E-state index in [1.807, 2.05) is 42.8 Å². The first-order valence-corrected chi connectivity index (χ1v) is 9.46. The number of alkyl halides is 2. The monoisotopic (exact) mass is 403 g/mol. The quantitative estimate of drug-likeness (QED) is 0.421. The maximum absolute atomic E-state index is 12.7. The molecule has 1 atom stereocenters. The van der Waals surface area contributed by atoms with Crippen molar-refractivity contribution in [1.29, 1.82) is 0 Å². The molecule has 0 saturated heterocycles. The minimum Gasteiger partial charge on any atom is -0.435 e. The molecule has 0 saturated carbocycles. The van der Waals surface area contributed by atoms with Crippen LogP contribution in [0.3, 0.4) is 0 Å². The largest absolute Gasteiger partial charge is 0.435 e. The first-order chi connectivity index (χ1) is 13.4. The van der Waals surface area contributed by atoms with Crippen LogP contribution < -0.4 is 4.74 Å². The Morgan fingerprint density at radius 1 is 1.11 bits per heavy atom. The Labute approximate surface area is 165 Å². The van der Waals surface area contributed by atoms with Crippen LogP contribution in [0.15, 0.2) is 53.7 Å². The van der Waals surface area contributed by atoms with Crippen LogP contribution in [0.5, 0.6) is 5.75 Å². The van der Waals surface area contributed by atoms with Crippen LogP contribution in [0.1, 0.15) is 22.8 Å². The molecule has 8 heteroatoms. The van der Waals surface area contributed by atoms with E-state index in [0.29, 0.717) is 10.7 Å². The highest BCUT2D eigenvalue weighted by molar-refractivity contribution is 8.00. The molecule has 3 aromatic rings. The van der Waals surface area contributed by atoms with Gasteiger partial charge in [0.25, 0.3) is 0 Å². The Balaban J connectivity index is 1.73. The van der Waals surface area contributed by atoms with E-state index in [1.165, 1.54) is 36.0 Å². The number of carbonyl (C=O) groups is 1. The molecule has 0 bridgehead atoms. The zero-order chi connectivity index (χ0) is 20.3. The lowest BCUT2D eigenvalue weighted by molar-refractivity contribution is -0.0498. The molecule has 5 nitrogen and oxygen atoms in total. The zero-order valence-corrected chi connectivity index (χ0v) is 16.4. The summed E-state index contributed by atoms with van der Waals surface area (Å²) in [5.74, 6) is 0.616. The number of ether oxygens (including phenoxy) is 1. The fourth-order valence-corrected chi connectivity index (χ4v) is 3.61. The molecule has 0 N–H and O–H groups in total. The minimum atomic E-state index is -2.89. The summed E-state index contributed by atoms with van der Waals surface area (Å²) in [6, 6.07) is 13.6. The molecule has 0 fully saturated rings. The van der Waals surface area contributed by atoms with E-state index in [-0.39, 0.29) is 11.5 Å². The van der Waals surface area contributed by atoms with Crippen molar-refractivity contribution in [3.8, 4) is 17.1 Å². The Morgan fingerprint density at radius 3 is 2.43 bits per heavy atom. The topological polar surface area (TPSA) is 57.0 Å². The van der Waals surface area contributed by atoms with Gasteiger partial charge in [0.1, 0.15) is 5.75 Å². The van der Waals surface area contributed by atoms with Gasteiger partial charge in [-0.25, -0.2) is 0 Å². The summed E-state index contributed by atoms with van der Waals surface area (Å²) in [4.78, 5) is 12.7. The van der Waals surface area contributed by atoms with Crippen LogP contribution in [0.25, 0.3) is 11.4 Å². The molecular weight excluding hydrogens is 384 g/mol. The highest BCUT2D eigenvalue weighted by atomic mass is 32.2. The molecule has 0 aliphatic heterocycles. The van der Waals surface area contributed by atoms with E-state index < -0.39 is 11.9 Å². The predicted octanol–water partition coefficient (Wildman–Crippen LogP) is 4.76. The Hall–Kier alpha value is -2.74. The number of hydrogen-bond acceptors (Lipinski definition) is 5. The predicted molar refractivity (Wildman–Crippen MR) is 104 cm³/mol. The highest BCUT2D eigenvalue weighted by Gasteiger charge is 2.21. The number of aryl methyl sites for hydroxylation is 1. The molecular formula is C20H19F2N3O2S. The maximum atomic E-state index is 12.7. The number of halogens is 2. The average Bonchev–Trinajstić information content (AvgIpc) is 3.02. The van der Waals surface area contributed by atoms with Crippen molar-refractivity contribution >= 4 is 17.5 Å². The van der Waals surface area contributed by atoms with Crippen molar-refractivity contribution in [3.05, 3.63) is 59.7 Å². The number of Topliss-reactive ketones (excluding diaryl/α,β-unsaturated/α-hetero) is 1. The number of nitrogens with zero attached hydrogens (tertiary/aromatic N) is 3. The zero-order valence-electron chi connectivity index (χ0n) is 15.6. The standard InChI is InChI=1S/C20H19F2N3O2S/c1-12-6-4-5-7-16(12)18-23-24-20(25(18)3)28-13(2)17(26)14-8-10-15(11-9-14)27-19(21)22/h4-11,13,19H,1-3H3/t13-/m0/s1. The van der Waals surface area contributed by atoms with E-state index in [1.54, 1.807) is 6.92 Å². The number of rotatable bonds is 7. The smallest absolute Gasteiger partial charge is 0.387 e. The van der Waals surface area contributed by atoms with E-state index >= 15 is 0 Å². The van der Waals surface area contributed by atoms with Crippen LogP contribution in [0.4, 0.5) is 8.78 Å². The van der Waals surface area contributed by atoms with E-state index in [4.69, 9.17) is 0 Å². The lowest BCUT2D eigenvalue weighted by atomic mass is 10.1. The Kier molecular flexibility index (Phi) is 6.08. The van der Waals surface area contributed by atoms with Gasteiger partial charge in [-0.05, 0) is 43.7 Å². The molecule has 0 spiro atoms. The summed E-state index contributed by atoms with van der Waals surface area (Å²) in [6.45, 7) is 0.887. The fourth-order valence-electron chi connectivity index (χ4n) is 2.72. The number of carbonyl (C=O) groups excluding carboxylic acids is 1. The van der Waals surface area contributed by atoms with Gasteiger partial charge in [-0.15, -0.1) is 10.2 Å². The van der Waals surface area contributed by atoms with Crippen LogP contribution >= 0.6 is 11.8 Å². The summed E-state index contributed by atoms with van der Waals surface area (Å²) < 4.78 is 30.6. The van der Waals surface area contributed by atoms with Gasteiger partial charge in [0, 0.05) is 18.2 Å². The van der Waals surface area contributed by atoms with Crippen molar-refractivity contribution < 1.29 is 18.3 Å². The third-order valence-corrected chi connectivity index (χ3v) is 5.37. The van der Waals surface area contributed by atoms with Crippen LogP contribution in [0.2, 0.25) is 0 Å². The molecule has 0 amide bonds. The van der Waals surface area contributed by atoms with Crippen LogP contribution in [-0.4, -0.2) is 32.4 Å². The van der Waals surface area contributed by atoms with Gasteiger partial charge in [-0.1, -0.05) is 36.0 Å². The maximum Gasteiger partial charge on any atom is 0.387 e. The van der Waals surface area contributed by atoms with Crippen molar-refractivity contribution in [2.75, 3.05) is 0 Å². The second kappa shape index (κ2) is 8.52. The van der Waals surface area contributed by atoms with E-state index in [2.05, 4.69) is 14.9 Å². The highest BCUT2D eigenvalue weighted by Crippen LogP contribution is 2.29. The number of ketones is 1. The molecule has 1 heterocycles. The molecule has 146 valence electrons. The summed E-state index contributed by atoms with van der Waals surface area (Å²) in [5, 5.41) is 8.68. The van der Waals surface area contributed by atoms with Crippen molar-refractivity contribution in [3.63, 3.8) is 0 Å². The average molecular weight is 403 g/mol. The summed E-state index contributed by atoms with van der Waals surface area (Å²) in [5.41, 5.74) is 2.49. The lowest BCUT2D eigenvalue weighted by Gasteiger charge is -2.11. The molecule has 0 radical (unpaired) electrons. The summed E-state index contributed by atoms with van der Waals surface area (Å²) in [6.07, 6.45) is 0. The number of thioether (sulfide) groups is 1. The van der Waals surface area contributed by atoms with Gasteiger partial charge in [-0.2, -0.15) is 8.78 Å². The molecule has 0 aliphatic carbocycles. The second-order valence-electron chi connectivity index (χ2n) is 6.21. The van der Waals surface area contributed by atoms with Gasteiger partial charge >= 0.3 is 6.61 Å². The Bertz CT molecular complexity index is 974. The van der Waals surface area contributed by atoms with Crippen molar-refractivity contribution in [2.24, 2.45) is 7.05 Å². The number of benzene rings is 2. The summed E-state index contributed by atoms with van der Waals surface area (Å²) in [7, 11) is 1.86. The van der Waals surface area contributed by atoms with Gasteiger partial charge in [-0.3, -0.25) is 4.79 Å². The first kappa shape index (κ1) is 20.0. The van der Waals surface area contributed by atoms with Crippen LogP contribution in [0, 0.1) is 6.92 Å². The fraction of sp³-hybridized carbons (Fsp3) is 0.250. The third-order valence-electron chi connectivity index (χ3n) is 4.24. The van der Waals surface area contributed by atoms with Gasteiger partial charge in [0.05, 0.1) is 5.25 Å². The molecule has 0 aliphatic rings. The molecule has 3 rings (SSSR count). The van der Waals surface area contributed by atoms with Gasteiger partial charge in [0.2, 0.25) is 0 Å². The molecule has 0 unspecified atom stereocenters. The molecule has 1 aromatic heterocycles. The van der Waals surface area contributed by atoms with Crippen molar-refractivity contribution in [1.82, 2.24) is 14.8 Å². The summed E-state index contributed by atoms with van der Waals surface area (Å²) >= 11 is 1.30. The van der Waals surface area contributed by atoms with Gasteiger partial charge < -0.3 is 9.30 Å². The van der Waals surface area contributed by atoms with Crippen molar-refractivity contribution in [2.45, 2.75) is 30.9 Å². The number of hydrogen-bond donors (Lipinski definition) is 0. The van der Waals surface area contributed by atoms with Crippen LogP contribution in [-0.2, 0) is 7.05 Å². The van der Waals surface area contributed by atoms with Gasteiger partial charge in [0.15, 0.2) is 16.8 Å². The molecule has 2 aromatic carbocycles. The normalized spacial score (nSPS) is 12.2. The van der Waals surface area contributed by atoms with E-state index in [9.17, 15) is 13.6 Å². The van der Waals surface area contributed by atoms with E-state index in [0.717, 1.165) is 17.0 Å². The minimum absolute atomic E-state index is 0.0167. The third kappa shape index (κ3) is 4.39. The first-order valence-electron chi connectivity index (χ1n) is 8.58. The Morgan fingerprint density at radius 2 is 1.79 bits per heavy atom. The SMILES string of the molecule is Cc1ccccc1-c1nnc(S[C@@H](C)C(=O)c2ccc(OC(F)F)cc2)n1C. The second-order valence-corrected chi connectivity index (χ2v) is 7.52. The lowest BCUT2D eigenvalue weighted by Crippen LogP contribution is -2.14. The number of aromatic nitrogens is 3.